The van der Waals surface area contributed by atoms with Crippen LogP contribution in [0.1, 0.15) is 65.8 Å². The molecular formula is C22H28N2O2. The summed E-state index contributed by atoms with van der Waals surface area (Å²) in [7, 11) is 1.80. The molecule has 2 amide bonds. The smallest absolute Gasteiger partial charge is 0.255 e. The molecule has 0 radical (unpaired) electrons. The van der Waals surface area contributed by atoms with Gasteiger partial charge in [0.05, 0.1) is 0 Å². The lowest BCUT2D eigenvalue weighted by molar-refractivity contribution is 0.0792. The minimum Gasteiger partial charge on any atom is -0.342 e. The van der Waals surface area contributed by atoms with Gasteiger partial charge in [0.15, 0.2) is 0 Å². The number of amides is 2. The fraction of sp³-hybridized carbons (Fsp3) is 0.364. The summed E-state index contributed by atoms with van der Waals surface area (Å²) in [6, 6.07) is 14.7. The summed E-state index contributed by atoms with van der Waals surface area (Å²) in [5, 5.41) is 2.89. The van der Waals surface area contributed by atoms with E-state index < -0.39 is 0 Å². The molecular weight excluding hydrogens is 324 g/mol. The zero-order valence-electron chi connectivity index (χ0n) is 16.1. The lowest BCUT2D eigenvalue weighted by atomic mass is 10.0. The largest absolute Gasteiger partial charge is 0.342 e. The molecule has 2 rings (SSSR count). The fourth-order valence-electron chi connectivity index (χ4n) is 2.64. The normalized spacial score (nSPS) is 10.7. The molecule has 0 aliphatic rings. The SMILES string of the molecule is CCCCN(C)C(=O)c1ccc(C(=O)Nc2ccc(C(C)C)cc2)cc1. The van der Waals surface area contributed by atoms with E-state index in [1.807, 2.05) is 24.3 Å². The first-order chi connectivity index (χ1) is 12.4. The number of rotatable bonds is 7. The maximum Gasteiger partial charge on any atom is 0.255 e. The molecule has 4 nitrogen and oxygen atoms in total. The average Bonchev–Trinajstić information content (AvgIpc) is 2.66. The summed E-state index contributed by atoms with van der Waals surface area (Å²) in [5.41, 5.74) is 3.13. The van der Waals surface area contributed by atoms with Crippen LogP contribution in [-0.4, -0.2) is 30.3 Å². The number of nitrogens with zero attached hydrogens (tertiary/aromatic N) is 1. The molecule has 0 spiro atoms. The first kappa shape index (κ1) is 19.7. The van der Waals surface area contributed by atoms with Crippen LogP contribution >= 0.6 is 0 Å². The Kier molecular flexibility index (Phi) is 6.96. The number of hydrogen-bond donors (Lipinski definition) is 1. The Balaban J connectivity index is 2.00. The summed E-state index contributed by atoms with van der Waals surface area (Å²) in [6.07, 6.45) is 2.03. The van der Waals surface area contributed by atoms with Crippen LogP contribution in [0.5, 0.6) is 0 Å². The Morgan fingerprint density at radius 2 is 1.54 bits per heavy atom. The van der Waals surface area contributed by atoms with Gasteiger partial charge in [-0.05, 0) is 54.3 Å². The molecule has 0 fully saturated rings. The third-order valence-corrected chi connectivity index (χ3v) is 4.42. The van der Waals surface area contributed by atoms with Gasteiger partial charge >= 0.3 is 0 Å². The second-order valence-corrected chi connectivity index (χ2v) is 6.89. The van der Waals surface area contributed by atoms with E-state index in [4.69, 9.17) is 0 Å². The third-order valence-electron chi connectivity index (χ3n) is 4.42. The summed E-state index contributed by atoms with van der Waals surface area (Å²) in [5.74, 6) is 0.260. The molecule has 0 unspecified atom stereocenters. The monoisotopic (exact) mass is 352 g/mol. The quantitative estimate of drug-likeness (QED) is 0.768. The summed E-state index contributed by atoms with van der Waals surface area (Å²) >= 11 is 0. The van der Waals surface area contributed by atoms with E-state index in [1.165, 1.54) is 5.56 Å². The number of anilines is 1. The van der Waals surface area contributed by atoms with Gasteiger partial charge in [-0.1, -0.05) is 39.3 Å². The molecule has 1 N–H and O–H groups in total. The van der Waals surface area contributed by atoms with Crippen molar-refractivity contribution in [2.24, 2.45) is 0 Å². The van der Waals surface area contributed by atoms with E-state index in [-0.39, 0.29) is 11.8 Å². The van der Waals surface area contributed by atoms with Gasteiger partial charge in [-0.25, -0.2) is 0 Å². The molecule has 0 heterocycles. The van der Waals surface area contributed by atoms with Crippen molar-refractivity contribution in [3.8, 4) is 0 Å². The van der Waals surface area contributed by atoms with Crippen LogP contribution in [0.4, 0.5) is 5.69 Å². The van der Waals surface area contributed by atoms with Crippen LogP contribution in [0.25, 0.3) is 0 Å². The molecule has 0 atom stereocenters. The molecule has 0 aliphatic carbocycles. The molecule has 138 valence electrons. The van der Waals surface area contributed by atoms with E-state index in [0.29, 0.717) is 17.0 Å². The zero-order valence-corrected chi connectivity index (χ0v) is 16.1. The zero-order chi connectivity index (χ0) is 19.1. The van der Waals surface area contributed by atoms with E-state index in [1.54, 1.807) is 36.2 Å². The molecule has 0 bridgehead atoms. The molecule has 4 heteroatoms. The standard InChI is InChI=1S/C22H28N2O2/c1-5-6-15-24(4)22(26)19-9-7-18(8-10-19)21(25)23-20-13-11-17(12-14-20)16(2)3/h7-14,16H,5-6,15H2,1-4H3,(H,23,25). The number of hydrogen-bond acceptors (Lipinski definition) is 2. The third kappa shape index (κ3) is 5.19. The fourth-order valence-corrected chi connectivity index (χ4v) is 2.64. The van der Waals surface area contributed by atoms with Gasteiger partial charge in [0, 0.05) is 30.4 Å². The van der Waals surface area contributed by atoms with E-state index in [0.717, 1.165) is 25.1 Å². The van der Waals surface area contributed by atoms with Crippen molar-refractivity contribution in [2.75, 3.05) is 18.9 Å². The Bertz CT molecular complexity index is 734. The number of carbonyl (C=O) groups is 2. The van der Waals surface area contributed by atoms with Gasteiger partial charge in [0.1, 0.15) is 0 Å². The van der Waals surface area contributed by atoms with Gasteiger partial charge in [0.2, 0.25) is 0 Å². The van der Waals surface area contributed by atoms with Gasteiger partial charge in [-0.15, -0.1) is 0 Å². The van der Waals surface area contributed by atoms with Gasteiger partial charge in [-0.2, -0.15) is 0 Å². The highest BCUT2D eigenvalue weighted by molar-refractivity contribution is 6.05. The van der Waals surface area contributed by atoms with Gasteiger partial charge in [-0.3, -0.25) is 9.59 Å². The lowest BCUT2D eigenvalue weighted by Crippen LogP contribution is -2.27. The van der Waals surface area contributed by atoms with Crippen molar-refractivity contribution in [1.82, 2.24) is 4.90 Å². The maximum absolute atomic E-state index is 12.4. The maximum atomic E-state index is 12.4. The highest BCUT2D eigenvalue weighted by atomic mass is 16.2. The van der Waals surface area contributed by atoms with Crippen molar-refractivity contribution in [1.29, 1.82) is 0 Å². The highest BCUT2D eigenvalue weighted by Crippen LogP contribution is 2.18. The Labute approximate surface area is 156 Å². The molecule has 26 heavy (non-hydrogen) atoms. The van der Waals surface area contributed by atoms with Crippen molar-refractivity contribution in [3.05, 3.63) is 65.2 Å². The molecule has 2 aromatic rings. The van der Waals surface area contributed by atoms with E-state index >= 15 is 0 Å². The van der Waals surface area contributed by atoms with Crippen LogP contribution in [-0.2, 0) is 0 Å². The molecule has 0 saturated heterocycles. The van der Waals surface area contributed by atoms with Crippen molar-refractivity contribution in [2.45, 2.75) is 39.5 Å². The second kappa shape index (κ2) is 9.18. The van der Waals surface area contributed by atoms with Gasteiger partial charge < -0.3 is 10.2 Å². The molecule has 0 aromatic heterocycles. The Morgan fingerprint density at radius 1 is 0.962 bits per heavy atom. The Hall–Kier alpha value is -2.62. The van der Waals surface area contributed by atoms with Gasteiger partial charge in [0.25, 0.3) is 11.8 Å². The molecule has 2 aromatic carbocycles. The van der Waals surface area contributed by atoms with Crippen LogP contribution in [0.15, 0.2) is 48.5 Å². The predicted molar refractivity (Wildman–Crippen MR) is 107 cm³/mol. The first-order valence-electron chi connectivity index (χ1n) is 9.19. The predicted octanol–water partition coefficient (Wildman–Crippen LogP) is 4.93. The number of nitrogens with one attached hydrogen (secondary N) is 1. The average molecular weight is 352 g/mol. The van der Waals surface area contributed by atoms with Crippen LogP contribution in [0.2, 0.25) is 0 Å². The highest BCUT2D eigenvalue weighted by Gasteiger charge is 2.12. The Morgan fingerprint density at radius 3 is 2.08 bits per heavy atom. The first-order valence-corrected chi connectivity index (χ1v) is 9.19. The summed E-state index contributed by atoms with van der Waals surface area (Å²) < 4.78 is 0. The summed E-state index contributed by atoms with van der Waals surface area (Å²) in [6.45, 7) is 7.11. The second-order valence-electron chi connectivity index (χ2n) is 6.89. The minimum atomic E-state index is -0.180. The van der Waals surface area contributed by atoms with Crippen molar-refractivity contribution in [3.63, 3.8) is 0 Å². The van der Waals surface area contributed by atoms with Crippen molar-refractivity contribution >= 4 is 17.5 Å². The van der Waals surface area contributed by atoms with Crippen LogP contribution in [0, 0.1) is 0 Å². The summed E-state index contributed by atoms with van der Waals surface area (Å²) in [4.78, 5) is 26.4. The van der Waals surface area contributed by atoms with E-state index in [2.05, 4.69) is 26.1 Å². The number of benzene rings is 2. The molecule has 0 saturated carbocycles. The van der Waals surface area contributed by atoms with Crippen LogP contribution in [0.3, 0.4) is 0 Å². The number of unbranched alkanes of at least 4 members (excludes halogenated alkanes) is 1. The topological polar surface area (TPSA) is 49.4 Å². The number of carbonyl (C=O) groups excluding carboxylic acids is 2. The lowest BCUT2D eigenvalue weighted by Gasteiger charge is -2.16. The van der Waals surface area contributed by atoms with Crippen LogP contribution < -0.4 is 5.32 Å². The molecule has 0 aliphatic heterocycles. The van der Waals surface area contributed by atoms with Crippen molar-refractivity contribution < 1.29 is 9.59 Å². The van der Waals surface area contributed by atoms with E-state index in [9.17, 15) is 9.59 Å². The minimum absolute atomic E-state index is 0.0188.